The first-order chi connectivity index (χ1) is 13.3. The largest absolute Gasteiger partial charge is 0.489 e. The summed E-state index contributed by atoms with van der Waals surface area (Å²) in [6.07, 6.45) is 1.28. The molecule has 1 amide bonds. The van der Waals surface area contributed by atoms with Crippen LogP contribution in [-0.2, 0) is 17.3 Å². The van der Waals surface area contributed by atoms with Gasteiger partial charge in [-0.3, -0.25) is 4.79 Å². The van der Waals surface area contributed by atoms with Crippen LogP contribution >= 0.6 is 0 Å². The maximum atomic E-state index is 13.5. The number of nitrogens with one attached hydrogen (secondary N) is 1. The van der Waals surface area contributed by atoms with Crippen molar-refractivity contribution in [1.82, 2.24) is 0 Å². The van der Waals surface area contributed by atoms with Crippen molar-refractivity contribution in [2.45, 2.75) is 66.9 Å². The van der Waals surface area contributed by atoms with Crippen LogP contribution in [0, 0.1) is 19.3 Å². The Hall–Kier alpha value is -2.43. The van der Waals surface area contributed by atoms with Gasteiger partial charge < -0.3 is 10.1 Å². The van der Waals surface area contributed by atoms with Gasteiger partial charge in [0.1, 0.15) is 12.4 Å². The van der Waals surface area contributed by atoms with Gasteiger partial charge in [0.25, 0.3) is 5.92 Å². The fourth-order valence-corrected chi connectivity index (χ4v) is 3.00. The van der Waals surface area contributed by atoms with Gasteiger partial charge in [0.05, 0.1) is 0 Å². The third-order valence-corrected chi connectivity index (χ3v) is 4.71. The van der Waals surface area contributed by atoms with Crippen molar-refractivity contribution in [3.05, 3.63) is 58.7 Å². The maximum absolute atomic E-state index is 13.5. The number of rotatable bonds is 7. The highest BCUT2D eigenvalue weighted by molar-refractivity contribution is 5.92. The highest BCUT2D eigenvalue weighted by Gasteiger charge is 2.24. The van der Waals surface area contributed by atoms with E-state index < -0.39 is 5.92 Å². The van der Waals surface area contributed by atoms with E-state index in [9.17, 15) is 13.6 Å². The van der Waals surface area contributed by atoms with E-state index in [2.05, 4.69) is 26.1 Å². The lowest BCUT2D eigenvalue weighted by molar-refractivity contribution is -0.116. The lowest BCUT2D eigenvalue weighted by Gasteiger charge is -2.19. The third-order valence-electron chi connectivity index (χ3n) is 4.71. The van der Waals surface area contributed by atoms with E-state index in [0.717, 1.165) is 30.2 Å². The molecule has 5 heteroatoms. The molecule has 3 nitrogen and oxygen atoms in total. The van der Waals surface area contributed by atoms with Crippen LogP contribution < -0.4 is 10.1 Å². The topological polar surface area (TPSA) is 38.3 Å². The summed E-state index contributed by atoms with van der Waals surface area (Å²) in [7, 11) is 0. The van der Waals surface area contributed by atoms with Gasteiger partial charge in [-0.2, -0.15) is 0 Å². The summed E-state index contributed by atoms with van der Waals surface area (Å²) in [6, 6.07) is 9.95. The predicted molar refractivity (Wildman–Crippen MR) is 114 cm³/mol. The Morgan fingerprint density at radius 3 is 2.21 bits per heavy atom. The fraction of sp³-hybridized carbons (Fsp3) is 0.458. The molecule has 2 rings (SSSR count). The van der Waals surface area contributed by atoms with Gasteiger partial charge in [0.15, 0.2) is 0 Å². The molecule has 0 saturated heterocycles. The molecule has 1 N–H and O–H groups in total. The number of benzene rings is 2. The molecular weight excluding hydrogens is 372 g/mol. The van der Waals surface area contributed by atoms with Gasteiger partial charge in [-0.05, 0) is 60.6 Å². The van der Waals surface area contributed by atoms with Crippen LogP contribution in [0.15, 0.2) is 36.4 Å². The number of hydrogen-bond acceptors (Lipinski definition) is 2. The zero-order chi connectivity index (χ0) is 21.8. The van der Waals surface area contributed by atoms with Crippen molar-refractivity contribution in [3.8, 4) is 5.75 Å². The summed E-state index contributed by atoms with van der Waals surface area (Å²) in [6.45, 7) is 11.2. The van der Waals surface area contributed by atoms with E-state index in [4.69, 9.17) is 4.74 Å². The molecule has 2 aromatic rings. The van der Waals surface area contributed by atoms with Gasteiger partial charge in [-0.15, -0.1) is 0 Å². The molecule has 0 aromatic heterocycles. The minimum Gasteiger partial charge on any atom is -0.489 e. The van der Waals surface area contributed by atoms with E-state index in [1.54, 1.807) is 12.1 Å². The molecule has 0 heterocycles. The standard InChI is InChI=1S/C24H31F2NO2/c1-16-12-20(29-15-18-8-7-9-19(14-18)24(6,25)26)13-17(2)22(16)27-21(28)10-11-23(3,4)5/h7-9,12-14H,10-11,15H2,1-6H3,(H,27,28). The maximum Gasteiger partial charge on any atom is 0.270 e. The van der Waals surface area contributed by atoms with Crippen LogP contribution in [0.2, 0.25) is 0 Å². The highest BCUT2D eigenvalue weighted by Crippen LogP contribution is 2.30. The molecule has 0 unspecified atom stereocenters. The number of halogens is 2. The summed E-state index contributed by atoms with van der Waals surface area (Å²) >= 11 is 0. The molecular formula is C24H31F2NO2. The van der Waals surface area contributed by atoms with E-state index >= 15 is 0 Å². The minimum absolute atomic E-state index is 0.00268. The number of carbonyl (C=O) groups is 1. The first kappa shape index (κ1) is 22.9. The molecule has 158 valence electrons. The molecule has 29 heavy (non-hydrogen) atoms. The summed E-state index contributed by atoms with van der Waals surface area (Å²) in [5.41, 5.74) is 3.36. The van der Waals surface area contributed by atoms with E-state index in [-0.39, 0.29) is 23.5 Å². The van der Waals surface area contributed by atoms with Gasteiger partial charge in [0, 0.05) is 24.6 Å². The normalized spacial score (nSPS) is 12.0. The molecule has 0 bridgehead atoms. The molecule has 0 aliphatic rings. The lowest BCUT2D eigenvalue weighted by atomic mass is 9.90. The van der Waals surface area contributed by atoms with Gasteiger partial charge >= 0.3 is 0 Å². The number of aryl methyl sites for hydroxylation is 2. The second-order valence-corrected chi connectivity index (χ2v) is 8.92. The summed E-state index contributed by atoms with van der Waals surface area (Å²) in [5, 5.41) is 3.00. The molecule has 0 atom stereocenters. The SMILES string of the molecule is Cc1cc(OCc2cccc(C(C)(F)F)c2)cc(C)c1NC(=O)CCC(C)(C)C. The van der Waals surface area contributed by atoms with Crippen LogP contribution in [0.1, 0.15) is 62.8 Å². The smallest absolute Gasteiger partial charge is 0.270 e. The molecule has 0 fully saturated rings. The van der Waals surface area contributed by atoms with E-state index in [1.807, 2.05) is 26.0 Å². The second-order valence-electron chi connectivity index (χ2n) is 8.92. The summed E-state index contributed by atoms with van der Waals surface area (Å²) in [5.74, 6) is -2.24. The minimum atomic E-state index is -2.88. The molecule has 0 aliphatic carbocycles. The van der Waals surface area contributed by atoms with Crippen LogP contribution in [0.4, 0.5) is 14.5 Å². The predicted octanol–water partition coefficient (Wildman–Crippen LogP) is 6.76. The zero-order valence-electron chi connectivity index (χ0n) is 18.2. The van der Waals surface area contributed by atoms with Gasteiger partial charge in [-0.1, -0.05) is 39.0 Å². The Morgan fingerprint density at radius 1 is 1.03 bits per heavy atom. The number of carbonyl (C=O) groups excluding carboxylic acids is 1. The molecule has 0 spiro atoms. The van der Waals surface area contributed by atoms with E-state index in [0.29, 0.717) is 17.7 Å². The van der Waals surface area contributed by atoms with Gasteiger partial charge in [0.2, 0.25) is 5.91 Å². The van der Waals surface area contributed by atoms with Crippen LogP contribution in [-0.4, -0.2) is 5.91 Å². The van der Waals surface area contributed by atoms with Crippen LogP contribution in [0.25, 0.3) is 0 Å². The second kappa shape index (κ2) is 8.93. The Kier molecular flexibility index (Phi) is 7.04. The number of anilines is 1. The third kappa shape index (κ3) is 7.15. The zero-order valence-corrected chi connectivity index (χ0v) is 18.2. The Bertz CT molecular complexity index is 841. The molecule has 2 aromatic carbocycles. The first-order valence-electron chi connectivity index (χ1n) is 9.86. The summed E-state index contributed by atoms with van der Waals surface area (Å²) < 4.78 is 32.8. The van der Waals surface area contributed by atoms with Gasteiger partial charge in [-0.25, -0.2) is 8.78 Å². The summed E-state index contributed by atoms with van der Waals surface area (Å²) in [4.78, 5) is 12.3. The van der Waals surface area contributed by atoms with Crippen molar-refractivity contribution in [2.24, 2.45) is 5.41 Å². The van der Waals surface area contributed by atoms with Crippen LogP contribution in [0.5, 0.6) is 5.75 Å². The fourth-order valence-electron chi connectivity index (χ4n) is 3.00. The highest BCUT2D eigenvalue weighted by atomic mass is 19.3. The molecule has 0 saturated carbocycles. The number of hydrogen-bond donors (Lipinski definition) is 1. The number of amides is 1. The number of alkyl halides is 2. The molecule has 0 aliphatic heterocycles. The first-order valence-corrected chi connectivity index (χ1v) is 9.86. The van der Waals surface area contributed by atoms with Crippen LogP contribution in [0.3, 0.4) is 0 Å². The number of ether oxygens (including phenoxy) is 1. The average molecular weight is 404 g/mol. The van der Waals surface area contributed by atoms with Crippen molar-refractivity contribution in [1.29, 1.82) is 0 Å². The van der Waals surface area contributed by atoms with Crippen molar-refractivity contribution in [2.75, 3.05) is 5.32 Å². The van der Waals surface area contributed by atoms with Crippen molar-refractivity contribution < 1.29 is 18.3 Å². The van der Waals surface area contributed by atoms with Crippen molar-refractivity contribution in [3.63, 3.8) is 0 Å². The Morgan fingerprint density at radius 2 is 1.66 bits per heavy atom. The Balaban J connectivity index is 2.05. The Labute approximate surface area is 172 Å². The average Bonchev–Trinajstić information content (AvgIpc) is 2.60. The quantitative estimate of drug-likeness (QED) is 0.555. The van der Waals surface area contributed by atoms with Crippen molar-refractivity contribution >= 4 is 11.6 Å². The van der Waals surface area contributed by atoms with E-state index in [1.165, 1.54) is 12.1 Å². The molecule has 0 radical (unpaired) electrons. The lowest BCUT2D eigenvalue weighted by Crippen LogP contribution is -2.16. The monoisotopic (exact) mass is 403 g/mol.